The van der Waals surface area contributed by atoms with Gasteiger partial charge in [0.15, 0.2) is 5.82 Å². The van der Waals surface area contributed by atoms with Gasteiger partial charge in [-0.25, -0.2) is 0 Å². The summed E-state index contributed by atoms with van der Waals surface area (Å²) in [6.07, 6.45) is 0.759. The lowest BCUT2D eigenvalue weighted by Gasteiger charge is -2.37. The number of amides is 2. The number of piperazine rings is 1. The standard InChI is InChI=1S/C34H37N5O3/c1-4-25(2)39(34(41)29-14-16-30(42-3)17-15-29)24-33(40)38-22-20-37(21-23-38)32-19-18-31(35-36-32)28-12-10-27(11-13-28)26-8-6-5-7-9-26/h5-19,25H,4,20-24H2,1-3H3/t25-/m1/s1. The number of ether oxygens (including phenoxy) is 1. The summed E-state index contributed by atoms with van der Waals surface area (Å²) in [5, 5.41) is 8.98. The fourth-order valence-corrected chi connectivity index (χ4v) is 5.09. The molecule has 0 bridgehead atoms. The molecule has 2 heterocycles. The molecule has 42 heavy (non-hydrogen) atoms. The van der Waals surface area contributed by atoms with Crippen LogP contribution in [0.25, 0.3) is 22.4 Å². The number of hydrogen-bond acceptors (Lipinski definition) is 6. The van der Waals surface area contributed by atoms with Gasteiger partial charge >= 0.3 is 0 Å². The summed E-state index contributed by atoms with van der Waals surface area (Å²) in [5.74, 6) is 1.29. The van der Waals surface area contributed by atoms with E-state index in [0.717, 1.165) is 29.1 Å². The van der Waals surface area contributed by atoms with Gasteiger partial charge in [-0.2, -0.15) is 0 Å². The molecule has 3 aromatic carbocycles. The minimum Gasteiger partial charge on any atom is -0.497 e. The highest BCUT2D eigenvalue weighted by Gasteiger charge is 2.28. The predicted molar refractivity (Wildman–Crippen MR) is 165 cm³/mol. The molecule has 1 saturated heterocycles. The van der Waals surface area contributed by atoms with Gasteiger partial charge in [-0.3, -0.25) is 9.59 Å². The maximum Gasteiger partial charge on any atom is 0.254 e. The van der Waals surface area contributed by atoms with Crippen molar-refractivity contribution >= 4 is 17.6 Å². The minimum atomic E-state index is -0.149. The Bertz CT molecular complexity index is 1470. The maximum atomic E-state index is 13.3. The molecule has 4 aromatic rings. The van der Waals surface area contributed by atoms with Crippen LogP contribution >= 0.6 is 0 Å². The fraction of sp³-hybridized carbons (Fsp3) is 0.294. The largest absolute Gasteiger partial charge is 0.497 e. The molecular weight excluding hydrogens is 526 g/mol. The SMILES string of the molecule is CC[C@@H](C)N(CC(=O)N1CCN(c2ccc(-c3ccc(-c4ccccc4)cc3)nn2)CC1)C(=O)c1ccc(OC)cc1. The van der Waals surface area contributed by atoms with Gasteiger partial charge in [-0.1, -0.05) is 61.5 Å². The molecule has 0 saturated carbocycles. The lowest BCUT2D eigenvalue weighted by atomic mass is 10.0. The van der Waals surface area contributed by atoms with Crippen molar-refractivity contribution < 1.29 is 14.3 Å². The van der Waals surface area contributed by atoms with Crippen LogP contribution in [-0.2, 0) is 4.79 Å². The average molecular weight is 564 g/mol. The van der Waals surface area contributed by atoms with Crippen molar-refractivity contribution in [3.8, 4) is 28.1 Å². The number of hydrogen-bond donors (Lipinski definition) is 0. The van der Waals surface area contributed by atoms with Crippen LogP contribution in [-0.4, -0.2) is 77.7 Å². The molecule has 2 amide bonds. The summed E-state index contributed by atoms with van der Waals surface area (Å²) in [5.41, 5.74) is 4.72. The first kappa shape index (κ1) is 28.8. The molecule has 0 N–H and O–H groups in total. The van der Waals surface area contributed by atoms with Crippen molar-refractivity contribution in [3.05, 3.63) is 96.6 Å². The van der Waals surface area contributed by atoms with Crippen molar-refractivity contribution in [2.75, 3.05) is 44.7 Å². The van der Waals surface area contributed by atoms with E-state index in [9.17, 15) is 9.59 Å². The Balaban J connectivity index is 1.17. The highest BCUT2D eigenvalue weighted by molar-refractivity contribution is 5.97. The number of methoxy groups -OCH3 is 1. The highest BCUT2D eigenvalue weighted by atomic mass is 16.5. The van der Waals surface area contributed by atoms with E-state index in [4.69, 9.17) is 4.74 Å². The van der Waals surface area contributed by atoms with Crippen LogP contribution < -0.4 is 9.64 Å². The molecule has 1 aliphatic heterocycles. The second-order valence-corrected chi connectivity index (χ2v) is 10.5. The van der Waals surface area contributed by atoms with Gasteiger partial charge in [0.1, 0.15) is 12.3 Å². The van der Waals surface area contributed by atoms with E-state index in [1.807, 2.05) is 49.1 Å². The van der Waals surface area contributed by atoms with E-state index in [1.165, 1.54) is 5.56 Å². The number of carbonyl (C=O) groups excluding carboxylic acids is 2. The Morgan fingerprint density at radius 2 is 1.45 bits per heavy atom. The first-order valence-electron chi connectivity index (χ1n) is 14.4. The minimum absolute atomic E-state index is 0.0443. The average Bonchev–Trinajstić information content (AvgIpc) is 3.07. The summed E-state index contributed by atoms with van der Waals surface area (Å²) in [4.78, 5) is 32.2. The maximum absolute atomic E-state index is 13.3. The van der Waals surface area contributed by atoms with Gasteiger partial charge in [0.05, 0.1) is 12.8 Å². The van der Waals surface area contributed by atoms with Crippen LogP contribution in [0.2, 0.25) is 0 Å². The fourth-order valence-electron chi connectivity index (χ4n) is 5.09. The third-order valence-corrected chi connectivity index (χ3v) is 7.92. The zero-order valence-corrected chi connectivity index (χ0v) is 24.4. The second kappa shape index (κ2) is 13.3. The van der Waals surface area contributed by atoms with Crippen molar-refractivity contribution in [3.63, 3.8) is 0 Å². The number of anilines is 1. The van der Waals surface area contributed by atoms with Crippen LogP contribution in [0.1, 0.15) is 30.6 Å². The topological polar surface area (TPSA) is 78.9 Å². The smallest absolute Gasteiger partial charge is 0.254 e. The molecule has 0 aliphatic carbocycles. The third kappa shape index (κ3) is 6.60. The third-order valence-electron chi connectivity index (χ3n) is 7.92. The normalized spacial score (nSPS) is 13.9. The van der Waals surface area contributed by atoms with E-state index >= 15 is 0 Å². The summed E-state index contributed by atoms with van der Waals surface area (Å²) < 4.78 is 5.21. The molecule has 0 radical (unpaired) electrons. The van der Waals surface area contributed by atoms with Crippen molar-refractivity contribution in [1.82, 2.24) is 20.0 Å². The number of nitrogens with zero attached hydrogens (tertiary/aromatic N) is 5. The molecule has 8 nitrogen and oxygen atoms in total. The molecule has 0 unspecified atom stereocenters. The van der Waals surface area contributed by atoms with Crippen molar-refractivity contribution in [2.45, 2.75) is 26.3 Å². The van der Waals surface area contributed by atoms with Gasteiger partial charge in [-0.15, -0.1) is 10.2 Å². The van der Waals surface area contributed by atoms with Crippen molar-refractivity contribution in [1.29, 1.82) is 0 Å². The quantitative estimate of drug-likeness (QED) is 0.271. The zero-order valence-electron chi connectivity index (χ0n) is 24.4. The molecule has 1 aliphatic rings. The number of rotatable bonds is 9. The summed E-state index contributed by atoms with van der Waals surface area (Å²) in [7, 11) is 1.59. The first-order chi connectivity index (χ1) is 20.5. The van der Waals surface area contributed by atoms with E-state index in [0.29, 0.717) is 37.5 Å². The summed E-state index contributed by atoms with van der Waals surface area (Å²) in [6.45, 7) is 6.49. The van der Waals surface area contributed by atoms with E-state index in [2.05, 4.69) is 51.5 Å². The molecule has 0 spiro atoms. The summed E-state index contributed by atoms with van der Waals surface area (Å²) >= 11 is 0. The Labute approximate surface area is 247 Å². The molecular formula is C34H37N5O3. The molecule has 8 heteroatoms. The number of carbonyl (C=O) groups is 2. The van der Waals surface area contributed by atoms with Crippen LogP contribution in [0.3, 0.4) is 0 Å². The summed E-state index contributed by atoms with van der Waals surface area (Å²) in [6, 6.07) is 29.6. The van der Waals surface area contributed by atoms with Gasteiger partial charge in [0, 0.05) is 43.3 Å². The Morgan fingerprint density at radius 3 is 2.05 bits per heavy atom. The monoisotopic (exact) mass is 563 g/mol. The highest BCUT2D eigenvalue weighted by Crippen LogP contribution is 2.24. The molecule has 5 rings (SSSR count). The lowest BCUT2D eigenvalue weighted by Crippen LogP contribution is -2.53. The molecule has 1 aromatic heterocycles. The van der Waals surface area contributed by atoms with E-state index in [1.54, 1.807) is 36.3 Å². The van der Waals surface area contributed by atoms with Crippen LogP contribution in [0.15, 0.2) is 91.0 Å². The van der Waals surface area contributed by atoms with Gasteiger partial charge in [-0.05, 0) is 60.9 Å². The van der Waals surface area contributed by atoms with Crippen LogP contribution in [0.4, 0.5) is 5.82 Å². The van der Waals surface area contributed by atoms with Crippen LogP contribution in [0.5, 0.6) is 5.75 Å². The number of aromatic nitrogens is 2. The van der Waals surface area contributed by atoms with Gasteiger partial charge < -0.3 is 19.4 Å². The lowest BCUT2D eigenvalue weighted by molar-refractivity contribution is -0.132. The van der Waals surface area contributed by atoms with E-state index < -0.39 is 0 Å². The van der Waals surface area contributed by atoms with Crippen molar-refractivity contribution in [2.24, 2.45) is 0 Å². The van der Waals surface area contributed by atoms with E-state index in [-0.39, 0.29) is 24.4 Å². The predicted octanol–water partition coefficient (Wildman–Crippen LogP) is 5.41. The second-order valence-electron chi connectivity index (χ2n) is 10.5. The Kier molecular flexibility index (Phi) is 9.12. The zero-order chi connectivity index (χ0) is 29.5. The Hall–Kier alpha value is -4.72. The Morgan fingerprint density at radius 1 is 0.810 bits per heavy atom. The van der Waals surface area contributed by atoms with Crippen LogP contribution in [0, 0.1) is 0 Å². The first-order valence-corrected chi connectivity index (χ1v) is 14.4. The molecule has 1 atom stereocenters. The van der Waals surface area contributed by atoms with Gasteiger partial charge in [0.25, 0.3) is 5.91 Å². The molecule has 1 fully saturated rings. The molecule has 216 valence electrons. The van der Waals surface area contributed by atoms with Gasteiger partial charge in [0.2, 0.25) is 5.91 Å². The number of benzene rings is 3.